The minimum atomic E-state index is -4.89. The number of hydrogen-bond acceptors (Lipinski definition) is 3. The van der Waals surface area contributed by atoms with Gasteiger partial charge in [0.15, 0.2) is 17.5 Å². The fourth-order valence-corrected chi connectivity index (χ4v) is 10.2. The van der Waals surface area contributed by atoms with Crippen LogP contribution in [0.1, 0.15) is 11.1 Å². The minimum absolute atomic E-state index is 0.0648. The SMILES string of the molecule is FC(F)(F)c1cc2c(cc1-n1c3ccccc3c3ccccc31)c1cc(-n3c4ccccc4c4ccccc43)c(C(F)(F)F)cc1n2-c1ccc(-c2nc(-c3ccccc3)nc(-c3ccccc3)n2)cc1. The van der Waals surface area contributed by atoms with Gasteiger partial charge in [-0.15, -0.1) is 0 Å². The molecule has 0 aliphatic heterocycles. The van der Waals surface area contributed by atoms with Crippen LogP contribution in [0.2, 0.25) is 0 Å². The Bertz CT molecular complexity index is 3890. The summed E-state index contributed by atoms with van der Waals surface area (Å²) in [5, 5.41) is 3.67. The van der Waals surface area contributed by atoms with Gasteiger partial charge in [0.1, 0.15) is 0 Å². The van der Waals surface area contributed by atoms with Crippen LogP contribution >= 0.6 is 0 Å². The van der Waals surface area contributed by atoms with Crippen molar-refractivity contribution in [2.24, 2.45) is 0 Å². The fourth-order valence-electron chi connectivity index (χ4n) is 10.2. The Hall–Kier alpha value is -9.03. The maximum atomic E-state index is 15.9. The molecule has 6 nitrogen and oxygen atoms in total. The summed E-state index contributed by atoms with van der Waals surface area (Å²) in [7, 11) is 0. The molecule has 0 amide bonds. The Morgan fingerprint density at radius 1 is 0.282 bits per heavy atom. The van der Waals surface area contributed by atoms with E-state index in [1.807, 2.05) is 109 Å². The van der Waals surface area contributed by atoms with Crippen LogP contribution in [0.15, 0.2) is 206 Å². The van der Waals surface area contributed by atoms with Crippen molar-refractivity contribution in [1.82, 2.24) is 28.7 Å². The molecule has 0 spiro atoms. The van der Waals surface area contributed by atoms with Gasteiger partial charge < -0.3 is 13.7 Å². The summed E-state index contributed by atoms with van der Waals surface area (Å²) < 4.78 is 100.0. The van der Waals surface area contributed by atoms with E-state index in [1.54, 1.807) is 81.9 Å². The van der Waals surface area contributed by atoms with Crippen molar-refractivity contribution in [3.05, 3.63) is 217 Å². The molecule has 13 aromatic rings. The van der Waals surface area contributed by atoms with E-state index in [0.29, 0.717) is 61.6 Å². The van der Waals surface area contributed by atoms with E-state index in [1.165, 1.54) is 16.7 Å². The predicted molar refractivity (Wildman–Crippen MR) is 269 cm³/mol. The summed E-state index contributed by atoms with van der Waals surface area (Å²) in [6, 6.07) is 59.8. The van der Waals surface area contributed by atoms with Crippen LogP contribution in [0, 0.1) is 0 Å². The van der Waals surface area contributed by atoms with E-state index < -0.39 is 23.5 Å². The third kappa shape index (κ3) is 6.77. The highest BCUT2D eigenvalue weighted by Gasteiger charge is 2.39. The molecule has 0 radical (unpaired) electrons. The molecule has 9 aromatic carbocycles. The smallest absolute Gasteiger partial charge is 0.309 e. The van der Waals surface area contributed by atoms with Crippen molar-refractivity contribution in [2.45, 2.75) is 12.4 Å². The topological polar surface area (TPSA) is 53.5 Å². The minimum Gasteiger partial charge on any atom is -0.309 e. The Morgan fingerprint density at radius 2 is 0.592 bits per heavy atom. The quantitative estimate of drug-likeness (QED) is 0.156. The molecule has 13 rings (SSSR count). The molecule has 0 fully saturated rings. The number of alkyl halides is 6. The zero-order valence-corrected chi connectivity index (χ0v) is 37.1. The molecule has 0 saturated heterocycles. The van der Waals surface area contributed by atoms with Crippen LogP contribution in [0.3, 0.4) is 0 Å². The van der Waals surface area contributed by atoms with Gasteiger partial charge in [-0.2, -0.15) is 26.3 Å². The van der Waals surface area contributed by atoms with E-state index in [4.69, 9.17) is 15.0 Å². The molecule has 71 heavy (non-hydrogen) atoms. The normalized spacial score (nSPS) is 12.4. The third-order valence-corrected chi connectivity index (χ3v) is 13.3. The molecule has 0 unspecified atom stereocenters. The summed E-state index contributed by atoms with van der Waals surface area (Å²) in [5.41, 5.74) is 2.50. The first-order valence-electron chi connectivity index (χ1n) is 22.7. The Kier molecular flexibility index (Phi) is 9.34. The van der Waals surface area contributed by atoms with Crippen LogP contribution < -0.4 is 0 Å². The molecule has 4 aromatic heterocycles. The lowest BCUT2D eigenvalue weighted by molar-refractivity contribution is -0.138. The molecule has 12 heteroatoms. The molecular weight excluding hydrogens is 907 g/mol. The molecule has 0 atom stereocenters. The lowest BCUT2D eigenvalue weighted by atomic mass is 10.0. The van der Waals surface area contributed by atoms with E-state index in [9.17, 15) is 0 Å². The van der Waals surface area contributed by atoms with Crippen LogP contribution in [0.5, 0.6) is 0 Å². The highest BCUT2D eigenvalue weighted by molar-refractivity contribution is 6.14. The first-order chi connectivity index (χ1) is 34.5. The van der Waals surface area contributed by atoms with E-state index in [2.05, 4.69) is 0 Å². The first-order valence-corrected chi connectivity index (χ1v) is 22.7. The number of benzene rings is 9. The monoisotopic (exact) mass is 940 g/mol. The van der Waals surface area contributed by atoms with Crippen molar-refractivity contribution in [3.63, 3.8) is 0 Å². The predicted octanol–water partition coefficient (Wildman–Crippen LogP) is 16.2. The van der Waals surface area contributed by atoms with Crippen LogP contribution in [-0.4, -0.2) is 28.7 Å². The molecule has 4 heterocycles. The number of rotatable bonds is 6. The van der Waals surface area contributed by atoms with Crippen molar-refractivity contribution in [2.75, 3.05) is 0 Å². The van der Waals surface area contributed by atoms with Gasteiger partial charge in [0.25, 0.3) is 0 Å². The molecule has 0 saturated carbocycles. The molecular formula is C59H34F6N6. The van der Waals surface area contributed by atoms with Gasteiger partial charge in [0, 0.05) is 54.7 Å². The highest BCUT2D eigenvalue weighted by atomic mass is 19.4. The molecule has 0 bridgehead atoms. The summed E-state index contributed by atoms with van der Waals surface area (Å²) in [6.07, 6.45) is -9.78. The van der Waals surface area contributed by atoms with E-state index in [0.717, 1.165) is 44.8 Å². The van der Waals surface area contributed by atoms with Gasteiger partial charge in [-0.3, -0.25) is 0 Å². The zero-order valence-electron chi connectivity index (χ0n) is 37.1. The summed E-state index contributed by atoms with van der Waals surface area (Å²) in [4.78, 5) is 14.5. The molecule has 0 N–H and O–H groups in total. The maximum absolute atomic E-state index is 15.9. The van der Waals surface area contributed by atoms with Crippen LogP contribution in [0.4, 0.5) is 26.3 Å². The van der Waals surface area contributed by atoms with Crippen molar-refractivity contribution >= 4 is 65.4 Å². The lowest BCUT2D eigenvalue weighted by Gasteiger charge is -2.18. The standard InChI is InChI=1S/C59H34F6N6/c60-58(61,62)45-33-51-43(31-53(45)70-47-23-11-7-19-39(47)40-20-8-12-24-48(40)70)44-32-54(71-49-25-13-9-21-41(49)42-22-10-14-26-50(42)71)46(59(63,64)65)34-52(44)69(51)38-29-27-37(28-30-38)57-67-55(35-15-3-1-4-16-35)66-56(68-57)36-17-5-2-6-18-36/h1-34H. The third-order valence-electron chi connectivity index (χ3n) is 13.3. The van der Waals surface area contributed by atoms with Crippen LogP contribution in [0.25, 0.3) is 117 Å². The number of fused-ring (bicyclic) bond motifs is 9. The zero-order chi connectivity index (χ0) is 48.2. The Morgan fingerprint density at radius 3 is 0.930 bits per heavy atom. The van der Waals surface area contributed by atoms with Crippen molar-refractivity contribution in [3.8, 4) is 51.2 Å². The average molecular weight is 941 g/mol. The van der Waals surface area contributed by atoms with E-state index >= 15 is 26.3 Å². The van der Waals surface area contributed by atoms with Gasteiger partial charge in [-0.1, -0.05) is 133 Å². The van der Waals surface area contributed by atoms with Gasteiger partial charge in [0.2, 0.25) is 0 Å². The summed E-state index contributed by atoms with van der Waals surface area (Å²) in [6.45, 7) is 0. The Labute approximate surface area is 400 Å². The van der Waals surface area contributed by atoms with Crippen molar-refractivity contribution < 1.29 is 26.3 Å². The van der Waals surface area contributed by atoms with Crippen LogP contribution in [-0.2, 0) is 12.4 Å². The number of halogens is 6. The molecule has 0 aliphatic rings. The largest absolute Gasteiger partial charge is 0.418 e. The van der Waals surface area contributed by atoms with Gasteiger partial charge in [-0.25, -0.2) is 15.0 Å². The summed E-state index contributed by atoms with van der Waals surface area (Å²) in [5.74, 6) is 1.19. The molecule has 342 valence electrons. The lowest BCUT2D eigenvalue weighted by Crippen LogP contribution is -2.11. The second-order valence-electron chi connectivity index (χ2n) is 17.4. The van der Waals surface area contributed by atoms with Gasteiger partial charge in [0.05, 0.1) is 55.6 Å². The van der Waals surface area contributed by atoms with E-state index in [-0.39, 0.29) is 22.4 Å². The maximum Gasteiger partial charge on any atom is 0.418 e. The number of hydrogen-bond donors (Lipinski definition) is 0. The van der Waals surface area contributed by atoms with Gasteiger partial charge >= 0.3 is 12.4 Å². The molecule has 0 aliphatic carbocycles. The average Bonchev–Trinajstić information content (AvgIpc) is 4.03. The first kappa shape index (κ1) is 42.1. The van der Waals surface area contributed by atoms with Gasteiger partial charge in [-0.05, 0) is 72.8 Å². The highest BCUT2D eigenvalue weighted by Crippen LogP contribution is 2.47. The number of para-hydroxylation sites is 4. The number of nitrogens with zero attached hydrogens (tertiary/aromatic N) is 6. The van der Waals surface area contributed by atoms with Crippen molar-refractivity contribution in [1.29, 1.82) is 0 Å². The Balaban J connectivity index is 1.11. The second kappa shape index (κ2) is 15.8. The number of aromatic nitrogens is 6. The summed E-state index contributed by atoms with van der Waals surface area (Å²) >= 11 is 0. The fraction of sp³-hybridized carbons (Fsp3) is 0.0339. The second-order valence-corrected chi connectivity index (χ2v) is 17.4.